The molecule has 0 heterocycles. The van der Waals surface area contributed by atoms with E-state index in [9.17, 15) is 9.50 Å². The molecule has 2 rings (SSSR count). The van der Waals surface area contributed by atoms with Gasteiger partial charge in [-0.15, -0.1) is 11.6 Å². The Bertz CT molecular complexity index is 659. The Morgan fingerprint density at radius 1 is 1.20 bits per heavy atom. The van der Waals surface area contributed by atoms with Crippen molar-refractivity contribution >= 4 is 11.6 Å². The van der Waals surface area contributed by atoms with Crippen LogP contribution >= 0.6 is 11.6 Å². The maximum absolute atomic E-state index is 13.6. The highest BCUT2D eigenvalue weighted by atomic mass is 35.5. The first-order valence-electron chi connectivity index (χ1n) is 5.94. The monoisotopic (exact) mass is 290 g/mol. The Labute approximate surface area is 121 Å². The summed E-state index contributed by atoms with van der Waals surface area (Å²) in [5, 5.41) is 9.35. The van der Waals surface area contributed by atoms with Gasteiger partial charge in [0.25, 0.3) is 0 Å². The van der Waals surface area contributed by atoms with Crippen molar-refractivity contribution < 1.29 is 14.2 Å². The van der Waals surface area contributed by atoms with Crippen molar-refractivity contribution in [2.75, 3.05) is 5.88 Å². The first-order valence-corrected chi connectivity index (χ1v) is 6.47. The predicted octanol–water partition coefficient (Wildman–Crippen LogP) is 3.70. The highest BCUT2D eigenvalue weighted by Gasteiger charge is 2.05. The summed E-state index contributed by atoms with van der Waals surface area (Å²) in [4.78, 5) is 0. The molecule has 0 unspecified atom stereocenters. The third-order valence-corrected chi connectivity index (χ3v) is 2.67. The van der Waals surface area contributed by atoms with Crippen LogP contribution in [0.3, 0.4) is 0 Å². The molecule has 20 heavy (non-hydrogen) atoms. The van der Waals surface area contributed by atoms with Crippen LogP contribution < -0.4 is 4.74 Å². The van der Waals surface area contributed by atoms with E-state index in [0.717, 1.165) is 5.56 Å². The summed E-state index contributed by atoms with van der Waals surface area (Å²) in [7, 11) is 0. The first-order chi connectivity index (χ1) is 9.69. The van der Waals surface area contributed by atoms with Gasteiger partial charge in [-0.3, -0.25) is 0 Å². The highest BCUT2D eigenvalue weighted by molar-refractivity contribution is 6.19. The molecule has 0 aliphatic carbocycles. The molecule has 0 atom stereocenters. The number of alkyl halides is 1. The second kappa shape index (κ2) is 6.83. The van der Waals surface area contributed by atoms with Crippen molar-refractivity contribution in [3.63, 3.8) is 0 Å². The summed E-state index contributed by atoms with van der Waals surface area (Å²) in [6.45, 7) is 0.164. The van der Waals surface area contributed by atoms with Crippen LogP contribution in [0, 0.1) is 17.7 Å². The minimum Gasteiger partial charge on any atom is -0.508 e. The molecular weight excluding hydrogens is 279 g/mol. The molecule has 0 aliphatic heterocycles. The normalized spacial score (nSPS) is 9.70. The lowest BCUT2D eigenvalue weighted by atomic mass is 10.2. The number of hydrogen-bond donors (Lipinski definition) is 1. The van der Waals surface area contributed by atoms with Gasteiger partial charge in [-0.2, -0.15) is 0 Å². The van der Waals surface area contributed by atoms with Gasteiger partial charge in [0.1, 0.15) is 12.4 Å². The summed E-state index contributed by atoms with van der Waals surface area (Å²) < 4.78 is 19.0. The number of hydrogen-bond acceptors (Lipinski definition) is 2. The number of aromatic hydroxyl groups is 1. The van der Waals surface area contributed by atoms with Crippen molar-refractivity contribution in [3.8, 4) is 23.3 Å². The Balaban J connectivity index is 2.12. The highest BCUT2D eigenvalue weighted by Crippen LogP contribution is 2.20. The lowest BCUT2D eigenvalue weighted by Crippen LogP contribution is -1.97. The SMILES string of the molecule is Oc1cccc(COc2cc(C#CCCl)ccc2F)c1. The van der Waals surface area contributed by atoms with Gasteiger partial charge in [-0.25, -0.2) is 4.39 Å². The van der Waals surface area contributed by atoms with E-state index in [4.69, 9.17) is 16.3 Å². The second-order valence-electron chi connectivity index (χ2n) is 4.04. The fraction of sp³-hybridized carbons (Fsp3) is 0.125. The molecule has 0 saturated heterocycles. The number of ether oxygens (including phenoxy) is 1. The fourth-order valence-corrected chi connectivity index (χ4v) is 1.70. The molecule has 2 aromatic carbocycles. The molecule has 1 N–H and O–H groups in total. The van der Waals surface area contributed by atoms with Crippen LogP contribution in [0.15, 0.2) is 42.5 Å². The molecule has 0 amide bonds. The molecule has 0 aliphatic rings. The Morgan fingerprint density at radius 2 is 2.05 bits per heavy atom. The van der Waals surface area contributed by atoms with E-state index >= 15 is 0 Å². The van der Waals surface area contributed by atoms with E-state index < -0.39 is 5.82 Å². The number of phenolic OH excluding ortho intramolecular Hbond substituents is 1. The van der Waals surface area contributed by atoms with Crippen molar-refractivity contribution in [3.05, 3.63) is 59.4 Å². The van der Waals surface area contributed by atoms with Gasteiger partial charge in [0.05, 0.1) is 5.88 Å². The van der Waals surface area contributed by atoms with Crippen LogP contribution in [0.4, 0.5) is 4.39 Å². The fourth-order valence-electron chi connectivity index (χ4n) is 1.63. The van der Waals surface area contributed by atoms with Crippen LogP contribution in [-0.2, 0) is 6.61 Å². The molecule has 0 radical (unpaired) electrons. The van der Waals surface area contributed by atoms with Crippen molar-refractivity contribution in [2.24, 2.45) is 0 Å². The van der Waals surface area contributed by atoms with E-state index in [2.05, 4.69) is 11.8 Å². The zero-order valence-corrected chi connectivity index (χ0v) is 11.3. The summed E-state index contributed by atoms with van der Waals surface area (Å²) in [5.41, 5.74) is 1.39. The zero-order chi connectivity index (χ0) is 14.4. The predicted molar refractivity (Wildman–Crippen MR) is 76.4 cm³/mol. The van der Waals surface area contributed by atoms with Gasteiger partial charge in [-0.05, 0) is 35.9 Å². The molecule has 0 bridgehead atoms. The molecule has 0 aromatic heterocycles. The molecule has 0 spiro atoms. The largest absolute Gasteiger partial charge is 0.508 e. The van der Waals surface area contributed by atoms with Crippen molar-refractivity contribution in [1.29, 1.82) is 0 Å². The van der Waals surface area contributed by atoms with Crippen LogP contribution in [0.1, 0.15) is 11.1 Å². The lowest BCUT2D eigenvalue weighted by molar-refractivity contribution is 0.289. The smallest absolute Gasteiger partial charge is 0.165 e. The third kappa shape index (κ3) is 3.91. The number of halogens is 2. The van der Waals surface area contributed by atoms with Gasteiger partial charge in [0.15, 0.2) is 11.6 Å². The minimum atomic E-state index is -0.457. The van der Waals surface area contributed by atoms with Crippen LogP contribution in [0.25, 0.3) is 0 Å². The summed E-state index contributed by atoms with van der Waals surface area (Å²) in [6.07, 6.45) is 0. The van der Waals surface area contributed by atoms with Crippen molar-refractivity contribution in [2.45, 2.75) is 6.61 Å². The molecule has 2 aromatic rings. The lowest BCUT2D eigenvalue weighted by Gasteiger charge is -2.08. The summed E-state index contributed by atoms with van der Waals surface area (Å²) in [5.74, 6) is 5.53. The molecule has 102 valence electrons. The standard InChI is InChI=1S/C16H12ClFO2/c17-8-2-4-12-6-7-15(18)16(10-12)20-11-13-3-1-5-14(19)9-13/h1,3,5-7,9-10,19H,8,11H2. The maximum Gasteiger partial charge on any atom is 0.165 e. The average molecular weight is 291 g/mol. The first kappa shape index (κ1) is 14.2. The Kier molecular flexibility index (Phi) is 4.86. The molecule has 0 saturated carbocycles. The number of rotatable bonds is 3. The van der Waals surface area contributed by atoms with Gasteiger partial charge in [0, 0.05) is 5.56 Å². The maximum atomic E-state index is 13.6. The van der Waals surface area contributed by atoms with Gasteiger partial charge in [-0.1, -0.05) is 24.0 Å². The van der Waals surface area contributed by atoms with Gasteiger partial charge in [0.2, 0.25) is 0 Å². The summed E-state index contributed by atoms with van der Waals surface area (Å²) >= 11 is 5.48. The Morgan fingerprint density at radius 3 is 2.80 bits per heavy atom. The minimum absolute atomic E-state index is 0.120. The summed E-state index contributed by atoms with van der Waals surface area (Å²) in [6, 6.07) is 11.0. The average Bonchev–Trinajstić information content (AvgIpc) is 2.45. The topological polar surface area (TPSA) is 29.5 Å². The van der Waals surface area contributed by atoms with Crippen LogP contribution in [0.5, 0.6) is 11.5 Å². The van der Waals surface area contributed by atoms with E-state index in [1.165, 1.54) is 12.1 Å². The number of phenols is 1. The molecule has 0 fully saturated rings. The Hall–Kier alpha value is -2.18. The quantitative estimate of drug-likeness (QED) is 0.690. The van der Waals surface area contributed by atoms with Crippen LogP contribution in [-0.4, -0.2) is 11.0 Å². The molecule has 2 nitrogen and oxygen atoms in total. The van der Waals surface area contributed by atoms with Crippen molar-refractivity contribution in [1.82, 2.24) is 0 Å². The molecular formula is C16H12ClFO2. The van der Waals surface area contributed by atoms with Gasteiger partial charge >= 0.3 is 0 Å². The van der Waals surface area contributed by atoms with E-state index in [-0.39, 0.29) is 24.0 Å². The second-order valence-corrected chi connectivity index (χ2v) is 4.31. The number of benzene rings is 2. The third-order valence-electron chi connectivity index (χ3n) is 2.54. The zero-order valence-electron chi connectivity index (χ0n) is 10.6. The van der Waals surface area contributed by atoms with Gasteiger partial charge < -0.3 is 9.84 Å². The van der Waals surface area contributed by atoms with Crippen LogP contribution in [0.2, 0.25) is 0 Å². The van der Waals surface area contributed by atoms with E-state index in [0.29, 0.717) is 5.56 Å². The van der Waals surface area contributed by atoms with E-state index in [1.54, 1.807) is 30.3 Å². The molecule has 4 heteroatoms. The van der Waals surface area contributed by atoms with E-state index in [1.807, 2.05) is 0 Å².